The van der Waals surface area contributed by atoms with Crippen LogP contribution in [0.2, 0.25) is 0 Å². The molecule has 0 unspecified atom stereocenters. The van der Waals surface area contributed by atoms with Crippen molar-refractivity contribution in [2.24, 2.45) is 10.7 Å². The number of nitrogens with zero attached hydrogens (tertiary/aromatic N) is 1. The molecule has 0 atom stereocenters. The maximum absolute atomic E-state index is 5.84. The van der Waals surface area contributed by atoms with Gasteiger partial charge >= 0.3 is 0 Å². The van der Waals surface area contributed by atoms with Gasteiger partial charge in [-0.2, -0.15) is 0 Å². The van der Waals surface area contributed by atoms with Crippen LogP contribution in [0.3, 0.4) is 0 Å². The van der Waals surface area contributed by atoms with Crippen LogP contribution in [-0.4, -0.2) is 19.6 Å². The summed E-state index contributed by atoms with van der Waals surface area (Å²) in [6, 6.07) is 17.6. The van der Waals surface area contributed by atoms with Gasteiger partial charge < -0.3 is 15.8 Å². The lowest BCUT2D eigenvalue weighted by Crippen LogP contribution is -2.22. The Labute approximate surface area is 125 Å². The number of nitrogens with one attached hydrogen (secondary N) is 1. The molecule has 21 heavy (non-hydrogen) atoms. The lowest BCUT2D eigenvalue weighted by molar-refractivity contribution is 0.415. The molecule has 0 saturated heterocycles. The Morgan fingerprint density at radius 1 is 1.19 bits per heavy atom. The fourth-order valence-electron chi connectivity index (χ4n) is 1.79. The molecule has 0 aliphatic rings. The van der Waals surface area contributed by atoms with E-state index in [0.717, 1.165) is 17.0 Å². The number of ether oxygens (including phenoxy) is 1. The summed E-state index contributed by atoms with van der Waals surface area (Å²) in [4.78, 5) is 4.25. The Morgan fingerprint density at radius 3 is 2.76 bits per heavy atom. The molecule has 0 bridgehead atoms. The van der Waals surface area contributed by atoms with E-state index in [0.29, 0.717) is 12.5 Å². The van der Waals surface area contributed by atoms with E-state index in [1.54, 1.807) is 7.11 Å². The van der Waals surface area contributed by atoms with Crippen molar-refractivity contribution in [3.8, 4) is 5.75 Å². The highest BCUT2D eigenvalue weighted by molar-refractivity contribution is 5.92. The number of hydrogen-bond donors (Lipinski definition) is 2. The minimum absolute atomic E-state index is 0.376. The minimum atomic E-state index is 0.376. The number of hydrogen-bond acceptors (Lipinski definition) is 2. The maximum Gasteiger partial charge on any atom is 0.193 e. The third-order valence-electron chi connectivity index (χ3n) is 2.82. The summed E-state index contributed by atoms with van der Waals surface area (Å²) in [5, 5.41) is 3.03. The fourth-order valence-corrected chi connectivity index (χ4v) is 1.79. The van der Waals surface area contributed by atoms with Crippen LogP contribution in [0.25, 0.3) is 6.08 Å². The first-order valence-electron chi connectivity index (χ1n) is 6.70. The van der Waals surface area contributed by atoms with Gasteiger partial charge in [0.15, 0.2) is 5.96 Å². The van der Waals surface area contributed by atoms with Crippen LogP contribution < -0.4 is 15.8 Å². The Kier molecular flexibility index (Phi) is 5.41. The van der Waals surface area contributed by atoms with Crippen LogP contribution in [-0.2, 0) is 0 Å². The Morgan fingerprint density at radius 2 is 2.00 bits per heavy atom. The van der Waals surface area contributed by atoms with Crippen molar-refractivity contribution in [2.75, 3.05) is 19.0 Å². The average Bonchev–Trinajstić information content (AvgIpc) is 2.53. The van der Waals surface area contributed by atoms with Crippen LogP contribution in [0.15, 0.2) is 65.7 Å². The molecule has 2 rings (SSSR count). The Balaban J connectivity index is 1.88. The molecule has 2 aromatic rings. The zero-order valence-corrected chi connectivity index (χ0v) is 12.0. The van der Waals surface area contributed by atoms with Crippen LogP contribution in [0.5, 0.6) is 5.75 Å². The quantitative estimate of drug-likeness (QED) is 0.654. The second-order valence-corrected chi connectivity index (χ2v) is 4.40. The normalized spacial score (nSPS) is 11.6. The minimum Gasteiger partial charge on any atom is -0.497 e. The third kappa shape index (κ3) is 5.03. The second kappa shape index (κ2) is 7.75. The molecule has 4 heteroatoms. The molecule has 0 radical (unpaired) electrons. The van der Waals surface area contributed by atoms with Gasteiger partial charge in [0, 0.05) is 11.8 Å². The molecule has 2 aromatic carbocycles. The van der Waals surface area contributed by atoms with Crippen molar-refractivity contribution in [1.82, 2.24) is 0 Å². The largest absolute Gasteiger partial charge is 0.497 e. The fraction of sp³-hybridized carbons (Fsp3) is 0.118. The standard InChI is InChI=1S/C17H19N3O/c1-21-16-11-5-10-15(13-16)20-17(18)19-12-6-9-14-7-3-2-4-8-14/h2-11,13H,12H2,1H3,(H3,18,19,20). The number of nitrogens with two attached hydrogens (primary N) is 1. The van der Waals surface area contributed by atoms with E-state index in [1.165, 1.54) is 0 Å². The molecule has 3 N–H and O–H groups in total. The number of rotatable bonds is 5. The van der Waals surface area contributed by atoms with Crippen molar-refractivity contribution in [3.63, 3.8) is 0 Å². The summed E-state index contributed by atoms with van der Waals surface area (Å²) in [7, 11) is 1.63. The zero-order chi connectivity index (χ0) is 14.9. The van der Waals surface area contributed by atoms with Crippen molar-refractivity contribution < 1.29 is 4.74 Å². The maximum atomic E-state index is 5.84. The van der Waals surface area contributed by atoms with Gasteiger partial charge in [-0.1, -0.05) is 48.6 Å². The van der Waals surface area contributed by atoms with E-state index < -0.39 is 0 Å². The molecule has 0 saturated carbocycles. The Bertz CT molecular complexity index is 621. The molecule has 0 aromatic heterocycles. The van der Waals surface area contributed by atoms with Gasteiger partial charge in [0.1, 0.15) is 5.75 Å². The van der Waals surface area contributed by atoms with Crippen molar-refractivity contribution in [3.05, 3.63) is 66.2 Å². The zero-order valence-electron chi connectivity index (χ0n) is 12.0. The number of aliphatic imine (C=N–C) groups is 1. The van der Waals surface area contributed by atoms with Crippen molar-refractivity contribution in [2.45, 2.75) is 0 Å². The van der Waals surface area contributed by atoms with E-state index in [1.807, 2.05) is 66.7 Å². The summed E-state index contributed by atoms with van der Waals surface area (Å²) in [5.41, 5.74) is 7.84. The van der Waals surface area contributed by atoms with Crippen molar-refractivity contribution in [1.29, 1.82) is 0 Å². The van der Waals surface area contributed by atoms with E-state index in [-0.39, 0.29) is 0 Å². The van der Waals surface area contributed by atoms with E-state index in [9.17, 15) is 0 Å². The van der Waals surface area contributed by atoms with Crippen LogP contribution in [0.4, 0.5) is 5.69 Å². The molecule has 0 heterocycles. The first kappa shape index (κ1) is 14.7. The molecule has 4 nitrogen and oxygen atoms in total. The topological polar surface area (TPSA) is 59.6 Å². The molecule has 0 spiro atoms. The molecule has 0 fully saturated rings. The monoisotopic (exact) mass is 281 g/mol. The van der Waals surface area contributed by atoms with E-state index in [2.05, 4.69) is 10.3 Å². The molecular weight excluding hydrogens is 262 g/mol. The Hall–Kier alpha value is -2.75. The van der Waals surface area contributed by atoms with Gasteiger partial charge in [-0.3, -0.25) is 0 Å². The van der Waals surface area contributed by atoms with Gasteiger partial charge in [0.2, 0.25) is 0 Å². The summed E-state index contributed by atoms with van der Waals surface area (Å²) in [5.74, 6) is 1.15. The first-order chi connectivity index (χ1) is 10.3. The summed E-state index contributed by atoms with van der Waals surface area (Å²) in [6.07, 6.45) is 3.98. The molecule has 108 valence electrons. The molecular formula is C17H19N3O. The highest BCUT2D eigenvalue weighted by Crippen LogP contribution is 2.16. The van der Waals surface area contributed by atoms with Crippen molar-refractivity contribution >= 4 is 17.7 Å². The van der Waals surface area contributed by atoms with Crippen LogP contribution >= 0.6 is 0 Å². The van der Waals surface area contributed by atoms with E-state index >= 15 is 0 Å². The van der Waals surface area contributed by atoms with Gasteiger partial charge in [-0.25, -0.2) is 4.99 Å². The SMILES string of the molecule is COc1cccc(NC(N)=NCC=Cc2ccccc2)c1. The highest BCUT2D eigenvalue weighted by Gasteiger charge is 1.96. The number of guanidine groups is 1. The third-order valence-corrected chi connectivity index (χ3v) is 2.82. The predicted octanol–water partition coefficient (Wildman–Crippen LogP) is 3.14. The summed E-state index contributed by atoms with van der Waals surface area (Å²) < 4.78 is 5.15. The molecule has 0 aliphatic heterocycles. The predicted molar refractivity (Wildman–Crippen MR) is 88.6 cm³/mol. The van der Waals surface area contributed by atoms with E-state index in [4.69, 9.17) is 10.5 Å². The second-order valence-electron chi connectivity index (χ2n) is 4.40. The average molecular weight is 281 g/mol. The van der Waals surface area contributed by atoms with Gasteiger partial charge in [-0.05, 0) is 17.7 Å². The number of methoxy groups -OCH3 is 1. The lowest BCUT2D eigenvalue weighted by atomic mass is 10.2. The van der Waals surface area contributed by atoms with Gasteiger partial charge in [0.25, 0.3) is 0 Å². The molecule has 0 amide bonds. The van der Waals surface area contributed by atoms with Gasteiger partial charge in [-0.15, -0.1) is 0 Å². The molecule has 0 aliphatic carbocycles. The number of benzene rings is 2. The van der Waals surface area contributed by atoms with Crippen LogP contribution in [0.1, 0.15) is 5.56 Å². The van der Waals surface area contributed by atoms with Crippen LogP contribution in [0, 0.1) is 0 Å². The lowest BCUT2D eigenvalue weighted by Gasteiger charge is -2.06. The summed E-state index contributed by atoms with van der Waals surface area (Å²) >= 11 is 0. The summed E-state index contributed by atoms with van der Waals surface area (Å²) in [6.45, 7) is 0.525. The number of anilines is 1. The highest BCUT2D eigenvalue weighted by atomic mass is 16.5. The first-order valence-corrected chi connectivity index (χ1v) is 6.70. The van der Waals surface area contributed by atoms with Gasteiger partial charge in [0.05, 0.1) is 13.7 Å². The smallest absolute Gasteiger partial charge is 0.193 e.